The lowest BCUT2D eigenvalue weighted by Gasteiger charge is -2.28. The van der Waals surface area contributed by atoms with Crippen molar-refractivity contribution in [3.8, 4) is 0 Å². The van der Waals surface area contributed by atoms with Crippen LogP contribution in [0.4, 0.5) is 0 Å². The third kappa shape index (κ3) is 3.33. The van der Waals surface area contributed by atoms with Gasteiger partial charge < -0.3 is 19.3 Å². The molecule has 1 aromatic rings. The molecule has 2 atom stereocenters. The summed E-state index contributed by atoms with van der Waals surface area (Å²) in [6.45, 7) is 2.48. The van der Waals surface area contributed by atoms with Gasteiger partial charge in [0.15, 0.2) is 0 Å². The quantitative estimate of drug-likeness (QED) is 0.769. The second-order valence-corrected chi connectivity index (χ2v) is 7.93. The number of rotatable bonds is 3. The second kappa shape index (κ2) is 6.98. The van der Waals surface area contributed by atoms with Crippen LogP contribution in [0.25, 0.3) is 0 Å². The summed E-state index contributed by atoms with van der Waals surface area (Å²) in [7, 11) is 3.63. The van der Waals surface area contributed by atoms with Crippen LogP contribution in [0, 0.1) is 11.8 Å². The minimum atomic E-state index is -0.422. The summed E-state index contributed by atoms with van der Waals surface area (Å²) in [5.41, 5.74) is 0. The predicted octanol–water partition coefficient (Wildman–Crippen LogP) is 0.410. The molecule has 0 N–H and O–H groups in total. The molecule has 3 fully saturated rings. The molecule has 27 heavy (non-hydrogen) atoms. The van der Waals surface area contributed by atoms with E-state index in [1.54, 1.807) is 18.1 Å². The highest BCUT2D eigenvalue weighted by Crippen LogP contribution is 2.37. The summed E-state index contributed by atoms with van der Waals surface area (Å²) in [6, 6.07) is -0.336. The number of nitrogens with zero attached hydrogens (tertiary/aromatic N) is 5. The summed E-state index contributed by atoms with van der Waals surface area (Å²) in [4.78, 5) is 47.8. The molecule has 1 saturated carbocycles. The Morgan fingerprint density at radius 1 is 1.04 bits per heavy atom. The van der Waals surface area contributed by atoms with E-state index >= 15 is 0 Å². The van der Waals surface area contributed by atoms with Crippen LogP contribution in [0.1, 0.15) is 37.5 Å². The number of aryl methyl sites for hydroxylation is 1. The van der Waals surface area contributed by atoms with Gasteiger partial charge >= 0.3 is 0 Å². The molecule has 0 unspecified atom stereocenters. The molecule has 0 aromatic carbocycles. The molecule has 0 bridgehead atoms. The zero-order chi connectivity index (χ0) is 19.1. The van der Waals surface area contributed by atoms with Gasteiger partial charge in [0.2, 0.25) is 17.7 Å². The van der Waals surface area contributed by atoms with Crippen molar-refractivity contribution < 1.29 is 14.4 Å². The van der Waals surface area contributed by atoms with Crippen LogP contribution in [-0.2, 0) is 21.4 Å². The van der Waals surface area contributed by atoms with Crippen molar-refractivity contribution in [2.45, 2.75) is 31.7 Å². The molecule has 2 saturated heterocycles. The Balaban J connectivity index is 1.48. The van der Waals surface area contributed by atoms with Gasteiger partial charge in [-0.15, -0.1) is 0 Å². The van der Waals surface area contributed by atoms with Crippen LogP contribution < -0.4 is 0 Å². The Kier molecular flexibility index (Phi) is 4.65. The normalized spacial score (nSPS) is 26.4. The zero-order valence-electron chi connectivity index (χ0n) is 16.0. The minimum absolute atomic E-state index is 0.00132. The van der Waals surface area contributed by atoms with E-state index < -0.39 is 5.92 Å². The van der Waals surface area contributed by atoms with Crippen molar-refractivity contribution in [1.82, 2.24) is 24.3 Å². The third-order valence-corrected chi connectivity index (χ3v) is 6.07. The topological polar surface area (TPSA) is 78.8 Å². The van der Waals surface area contributed by atoms with Gasteiger partial charge in [0.25, 0.3) is 0 Å². The number of likely N-dealkylation sites (tertiary alicyclic amines) is 1. The van der Waals surface area contributed by atoms with Crippen molar-refractivity contribution >= 4 is 17.7 Å². The number of hydrogen-bond acceptors (Lipinski definition) is 4. The van der Waals surface area contributed by atoms with Gasteiger partial charge in [-0.05, 0) is 19.3 Å². The number of amides is 3. The fourth-order valence-corrected chi connectivity index (χ4v) is 4.29. The maximum atomic E-state index is 13.3. The van der Waals surface area contributed by atoms with Crippen LogP contribution in [0.5, 0.6) is 0 Å². The van der Waals surface area contributed by atoms with Crippen LogP contribution in [0.15, 0.2) is 12.4 Å². The van der Waals surface area contributed by atoms with Crippen LogP contribution in [0.3, 0.4) is 0 Å². The lowest BCUT2D eigenvalue weighted by Crippen LogP contribution is -2.42. The number of carbonyl (C=O) groups is 3. The number of hydrogen-bond donors (Lipinski definition) is 0. The van der Waals surface area contributed by atoms with Gasteiger partial charge in [-0.25, -0.2) is 4.98 Å². The van der Waals surface area contributed by atoms with Crippen LogP contribution >= 0.6 is 0 Å². The Bertz CT molecular complexity index is 756. The molecule has 3 amide bonds. The highest BCUT2D eigenvalue weighted by Gasteiger charge is 2.46. The molecule has 4 rings (SSSR count). The Morgan fingerprint density at radius 3 is 2.30 bits per heavy atom. The van der Waals surface area contributed by atoms with Crippen LogP contribution in [-0.4, -0.2) is 75.2 Å². The Morgan fingerprint density at radius 2 is 1.70 bits per heavy atom. The lowest BCUT2D eigenvalue weighted by molar-refractivity contribution is -0.137. The third-order valence-electron chi connectivity index (χ3n) is 6.07. The van der Waals surface area contributed by atoms with Gasteiger partial charge in [-0.3, -0.25) is 14.4 Å². The average molecular weight is 373 g/mol. The summed E-state index contributed by atoms with van der Waals surface area (Å²) in [5, 5.41) is 0. The maximum Gasteiger partial charge on any atom is 0.228 e. The molecule has 3 heterocycles. The summed E-state index contributed by atoms with van der Waals surface area (Å²) in [5.74, 6) is 0.742. The molecular weight excluding hydrogens is 346 g/mol. The molecule has 0 radical (unpaired) electrons. The second-order valence-electron chi connectivity index (χ2n) is 7.93. The number of imidazole rings is 1. The highest BCUT2D eigenvalue weighted by atomic mass is 16.2. The van der Waals surface area contributed by atoms with Gasteiger partial charge in [0.1, 0.15) is 11.9 Å². The van der Waals surface area contributed by atoms with E-state index in [1.807, 2.05) is 27.6 Å². The van der Waals surface area contributed by atoms with Crippen LogP contribution in [0.2, 0.25) is 0 Å². The van der Waals surface area contributed by atoms with Gasteiger partial charge in [-0.2, -0.15) is 0 Å². The lowest BCUT2D eigenvalue weighted by atomic mass is 9.97. The van der Waals surface area contributed by atoms with Crippen molar-refractivity contribution in [1.29, 1.82) is 0 Å². The van der Waals surface area contributed by atoms with Crippen molar-refractivity contribution in [3.05, 3.63) is 18.2 Å². The molecular formula is C19H27N5O3. The fourth-order valence-electron chi connectivity index (χ4n) is 4.29. The summed E-state index contributed by atoms with van der Waals surface area (Å²) >= 11 is 0. The summed E-state index contributed by atoms with van der Waals surface area (Å²) in [6.07, 6.45) is 6.53. The Hall–Kier alpha value is -2.38. The van der Waals surface area contributed by atoms with E-state index in [2.05, 4.69) is 4.98 Å². The first-order valence-electron chi connectivity index (χ1n) is 9.78. The van der Waals surface area contributed by atoms with Crippen molar-refractivity contribution in [2.24, 2.45) is 18.9 Å². The number of aromatic nitrogens is 2. The molecule has 3 aliphatic rings. The van der Waals surface area contributed by atoms with E-state index in [9.17, 15) is 14.4 Å². The monoisotopic (exact) mass is 373 g/mol. The van der Waals surface area contributed by atoms with E-state index in [4.69, 9.17) is 0 Å². The first-order chi connectivity index (χ1) is 13.0. The van der Waals surface area contributed by atoms with Gasteiger partial charge in [0.05, 0.1) is 5.92 Å². The number of carbonyl (C=O) groups excluding carboxylic acids is 3. The van der Waals surface area contributed by atoms with Gasteiger partial charge in [-0.1, -0.05) is 0 Å². The van der Waals surface area contributed by atoms with Gasteiger partial charge in [0, 0.05) is 65.0 Å². The van der Waals surface area contributed by atoms with E-state index in [-0.39, 0.29) is 36.1 Å². The summed E-state index contributed by atoms with van der Waals surface area (Å²) < 4.78 is 1.87. The molecule has 1 aliphatic carbocycles. The molecule has 8 nitrogen and oxygen atoms in total. The molecule has 146 valence electrons. The predicted molar refractivity (Wildman–Crippen MR) is 97.3 cm³/mol. The average Bonchev–Trinajstić information content (AvgIpc) is 3.41. The first kappa shape index (κ1) is 18.0. The molecule has 1 aromatic heterocycles. The van der Waals surface area contributed by atoms with E-state index in [0.717, 1.165) is 25.1 Å². The van der Waals surface area contributed by atoms with Crippen molar-refractivity contribution in [2.75, 3.05) is 33.2 Å². The molecule has 2 aliphatic heterocycles. The smallest absolute Gasteiger partial charge is 0.228 e. The van der Waals surface area contributed by atoms with Crippen molar-refractivity contribution in [3.63, 3.8) is 0 Å². The standard InChI is InChI=1S/C19H27N5O3/c1-21-9-6-20-17(21)16-14(12-15(25)22(16)2)19(27)24-8-3-7-23(10-11-24)18(26)13-4-5-13/h6,9,13-14,16H,3-5,7-8,10-12H2,1-2H3/t14-,16-/m0/s1. The zero-order valence-corrected chi connectivity index (χ0v) is 16.0. The highest BCUT2D eigenvalue weighted by molar-refractivity contribution is 5.90. The fraction of sp³-hybridized carbons (Fsp3) is 0.684. The largest absolute Gasteiger partial charge is 0.341 e. The SMILES string of the molecule is CN1C(=O)C[C@H](C(=O)N2CCCN(C(=O)C3CC3)CC2)[C@H]1c1nccn1C. The first-order valence-corrected chi connectivity index (χ1v) is 9.78. The minimum Gasteiger partial charge on any atom is -0.341 e. The maximum absolute atomic E-state index is 13.3. The Labute approximate surface area is 159 Å². The molecule has 0 spiro atoms. The molecule has 8 heteroatoms. The van der Waals surface area contributed by atoms with E-state index in [1.165, 1.54) is 0 Å². The van der Waals surface area contributed by atoms with E-state index in [0.29, 0.717) is 26.2 Å².